The minimum atomic E-state index is -0.214. The van der Waals surface area contributed by atoms with Gasteiger partial charge in [-0.15, -0.1) is 0 Å². The van der Waals surface area contributed by atoms with Crippen LogP contribution in [0.1, 0.15) is 69.5 Å². The van der Waals surface area contributed by atoms with Crippen LogP contribution in [-0.4, -0.2) is 42.0 Å². The molecule has 2 aromatic rings. The zero-order valence-electron chi connectivity index (χ0n) is 20.7. The fourth-order valence-electron chi connectivity index (χ4n) is 4.77. The highest BCUT2D eigenvalue weighted by Gasteiger charge is 2.42. The molecule has 186 valence electrons. The molecule has 3 unspecified atom stereocenters. The molecule has 1 saturated heterocycles. The van der Waals surface area contributed by atoms with Crippen LogP contribution < -0.4 is 10.1 Å². The van der Waals surface area contributed by atoms with Crippen molar-refractivity contribution >= 4 is 17.9 Å². The van der Waals surface area contributed by atoms with Crippen LogP contribution >= 0.6 is 0 Å². The number of hydrogen-bond donors (Lipinski definition) is 1. The fourth-order valence-corrected chi connectivity index (χ4v) is 4.77. The van der Waals surface area contributed by atoms with Gasteiger partial charge in [0, 0.05) is 0 Å². The average Bonchev–Trinajstić information content (AvgIpc) is 2.87. The Morgan fingerprint density at radius 2 is 1.89 bits per heavy atom. The lowest BCUT2D eigenvalue weighted by Crippen LogP contribution is -2.57. The standard InChI is InChI=1S/C29H36N2O4/c1-3-4-18-34-24-16-14-23(15-17-24)21(2)30-28(32)20-31-25-12-8-9-13-26(25)35-27(29(31)33)19-22-10-6-5-7-11-22/h5-7,10-11,14-17,19,21,25-26H,3-4,8-9,12-13,18,20H2,1-2H3,(H,30,32)/b27-19+. The molecule has 0 aromatic heterocycles. The van der Waals surface area contributed by atoms with Gasteiger partial charge < -0.3 is 19.7 Å². The van der Waals surface area contributed by atoms with Gasteiger partial charge >= 0.3 is 0 Å². The Morgan fingerprint density at radius 3 is 2.63 bits per heavy atom. The normalized spacial score (nSPS) is 21.7. The molecule has 0 bridgehead atoms. The van der Waals surface area contributed by atoms with Crippen molar-refractivity contribution in [3.05, 3.63) is 71.5 Å². The van der Waals surface area contributed by atoms with E-state index in [9.17, 15) is 9.59 Å². The molecule has 2 fully saturated rings. The highest BCUT2D eigenvalue weighted by Crippen LogP contribution is 2.33. The predicted molar refractivity (Wildman–Crippen MR) is 137 cm³/mol. The Hall–Kier alpha value is -3.28. The van der Waals surface area contributed by atoms with Crippen LogP contribution in [0.15, 0.2) is 60.4 Å². The predicted octanol–water partition coefficient (Wildman–Crippen LogP) is 5.25. The van der Waals surface area contributed by atoms with Gasteiger partial charge in [-0.05, 0) is 61.9 Å². The maximum Gasteiger partial charge on any atom is 0.289 e. The van der Waals surface area contributed by atoms with E-state index in [4.69, 9.17) is 9.47 Å². The summed E-state index contributed by atoms with van der Waals surface area (Å²) >= 11 is 0. The smallest absolute Gasteiger partial charge is 0.289 e. The molecular formula is C29H36N2O4. The number of rotatable bonds is 9. The molecule has 1 heterocycles. The van der Waals surface area contributed by atoms with Crippen molar-refractivity contribution in [3.8, 4) is 5.75 Å². The molecule has 2 aromatic carbocycles. The van der Waals surface area contributed by atoms with Crippen molar-refractivity contribution in [1.29, 1.82) is 0 Å². The van der Waals surface area contributed by atoms with E-state index >= 15 is 0 Å². The minimum absolute atomic E-state index is 0.0258. The number of nitrogens with zero attached hydrogens (tertiary/aromatic N) is 1. The number of nitrogens with one attached hydrogen (secondary N) is 1. The number of benzene rings is 2. The molecule has 2 amide bonds. The van der Waals surface area contributed by atoms with E-state index in [0.717, 1.165) is 55.4 Å². The first kappa shape index (κ1) is 24.8. The second-order valence-electron chi connectivity index (χ2n) is 9.42. The molecular weight excluding hydrogens is 440 g/mol. The molecule has 0 spiro atoms. The van der Waals surface area contributed by atoms with Gasteiger partial charge in [-0.2, -0.15) is 0 Å². The van der Waals surface area contributed by atoms with E-state index in [0.29, 0.717) is 12.4 Å². The molecule has 1 N–H and O–H groups in total. The molecule has 2 aliphatic rings. The van der Waals surface area contributed by atoms with Crippen LogP contribution in [0.5, 0.6) is 5.75 Å². The van der Waals surface area contributed by atoms with E-state index in [2.05, 4.69) is 12.2 Å². The summed E-state index contributed by atoms with van der Waals surface area (Å²) in [5.41, 5.74) is 1.90. The largest absolute Gasteiger partial charge is 0.494 e. The van der Waals surface area contributed by atoms with E-state index in [-0.39, 0.29) is 36.5 Å². The highest BCUT2D eigenvalue weighted by atomic mass is 16.5. The Kier molecular flexibility index (Phi) is 8.45. The lowest BCUT2D eigenvalue weighted by atomic mass is 9.89. The molecule has 1 aliphatic carbocycles. The van der Waals surface area contributed by atoms with E-state index < -0.39 is 0 Å². The fraction of sp³-hybridized carbons (Fsp3) is 0.448. The van der Waals surface area contributed by atoms with Gasteiger partial charge in [0.15, 0.2) is 5.76 Å². The van der Waals surface area contributed by atoms with Gasteiger partial charge in [0.1, 0.15) is 18.4 Å². The monoisotopic (exact) mass is 476 g/mol. The first-order valence-electron chi connectivity index (χ1n) is 12.8. The maximum absolute atomic E-state index is 13.4. The topological polar surface area (TPSA) is 67.9 Å². The third kappa shape index (κ3) is 6.44. The zero-order chi connectivity index (χ0) is 24.6. The Balaban J connectivity index is 1.41. The molecule has 6 nitrogen and oxygen atoms in total. The minimum Gasteiger partial charge on any atom is -0.494 e. The number of hydrogen-bond acceptors (Lipinski definition) is 4. The summed E-state index contributed by atoms with van der Waals surface area (Å²) in [5.74, 6) is 0.771. The Morgan fingerprint density at radius 1 is 1.14 bits per heavy atom. The van der Waals surface area contributed by atoms with Crippen molar-refractivity contribution in [2.75, 3.05) is 13.2 Å². The summed E-state index contributed by atoms with van der Waals surface area (Å²) in [5, 5.41) is 3.06. The number of carbonyl (C=O) groups is 2. The van der Waals surface area contributed by atoms with Gasteiger partial charge in [0.2, 0.25) is 5.91 Å². The lowest BCUT2D eigenvalue weighted by Gasteiger charge is -2.44. The molecule has 3 atom stereocenters. The number of unbranched alkanes of at least 4 members (excludes halogenated alkanes) is 1. The first-order valence-corrected chi connectivity index (χ1v) is 12.8. The number of carbonyl (C=O) groups excluding carboxylic acids is 2. The van der Waals surface area contributed by atoms with Gasteiger partial charge in [0.25, 0.3) is 5.91 Å². The van der Waals surface area contributed by atoms with Crippen LogP contribution in [0.4, 0.5) is 0 Å². The molecule has 4 rings (SSSR count). The SMILES string of the molecule is CCCCOc1ccc(C(C)NC(=O)CN2C(=O)/C(=C\c3ccccc3)OC3CCCCC32)cc1. The molecule has 1 saturated carbocycles. The average molecular weight is 477 g/mol. The summed E-state index contributed by atoms with van der Waals surface area (Å²) in [7, 11) is 0. The maximum atomic E-state index is 13.4. The third-order valence-corrected chi connectivity index (χ3v) is 6.75. The number of fused-ring (bicyclic) bond motifs is 1. The van der Waals surface area contributed by atoms with Crippen LogP contribution in [0.2, 0.25) is 0 Å². The van der Waals surface area contributed by atoms with Crippen LogP contribution in [0.3, 0.4) is 0 Å². The zero-order valence-corrected chi connectivity index (χ0v) is 20.7. The molecule has 1 aliphatic heterocycles. The van der Waals surface area contributed by atoms with Gasteiger partial charge in [-0.25, -0.2) is 0 Å². The van der Waals surface area contributed by atoms with Crippen molar-refractivity contribution in [2.24, 2.45) is 0 Å². The molecule has 35 heavy (non-hydrogen) atoms. The number of ether oxygens (including phenoxy) is 2. The number of morpholine rings is 1. The summed E-state index contributed by atoms with van der Waals surface area (Å²) in [6, 6.07) is 17.3. The summed E-state index contributed by atoms with van der Waals surface area (Å²) in [4.78, 5) is 28.1. The van der Waals surface area contributed by atoms with Gasteiger partial charge in [0.05, 0.1) is 18.7 Å². The van der Waals surface area contributed by atoms with Crippen molar-refractivity contribution in [3.63, 3.8) is 0 Å². The Labute approximate surface area is 208 Å². The van der Waals surface area contributed by atoms with E-state index in [1.54, 1.807) is 11.0 Å². The second-order valence-corrected chi connectivity index (χ2v) is 9.42. The molecule has 0 radical (unpaired) electrons. The van der Waals surface area contributed by atoms with Crippen LogP contribution in [0.25, 0.3) is 6.08 Å². The summed E-state index contributed by atoms with van der Waals surface area (Å²) in [6.07, 6.45) is 7.70. The Bertz CT molecular complexity index is 1020. The van der Waals surface area contributed by atoms with E-state index in [1.165, 1.54) is 0 Å². The summed E-state index contributed by atoms with van der Waals surface area (Å²) in [6.45, 7) is 4.82. The van der Waals surface area contributed by atoms with Crippen LogP contribution in [0, 0.1) is 0 Å². The van der Waals surface area contributed by atoms with Gasteiger partial charge in [-0.1, -0.05) is 62.2 Å². The van der Waals surface area contributed by atoms with Crippen molar-refractivity contribution < 1.29 is 19.1 Å². The van der Waals surface area contributed by atoms with Crippen LogP contribution in [-0.2, 0) is 14.3 Å². The summed E-state index contributed by atoms with van der Waals surface area (Å²) < 4.78 is 11.9. The van der Waals surface area contributed by atoms with Crippen molar-refractivity contribution in [1.82, 2.24) is 10.2 Å². The first-order chi connectivity index (χ1) is 17.0. The van der Waals surface area contributed by atoms with Crippen molar-refractivity contribution in [2.45, 2.75) is 70.6 Å². The number of amides is 2. The highest BCUT2D eigenvalue weighted by molar-refractivity contribution is 5.98. The quantitative estimate of drug-likeness (QED) is 0.396. The van der Waals surface area contributed by atoms with E-state index in [1.807, 2.05) is 61.5 Å². The third-order valence-electron chi connectivity index (χ3n) is 6.75. The van der Waals surface area contributed by atoms with Gasteiger partial charge in [-0.3, -0.25) is 9.59 Å². The second kappa shape index (κ2) is 11.9. The lowest BCUT2D eigenvalue weighted by molar-refractivity contribution is -0.152. The molecule has 6 heteroatoms.